The highest BCUT2D eigenvalue weighted by atomic mass is 31.2. The largest absolute Gasteiger partial charge is 0.497 e. The molecule has 3 aromatic carbocycles. The lowest BCUT2D eigenvalue weighted by Crippen LogP contribution is -2.45. The molecule has 16 nitrogen and oxygen atoms in total. The number of amides is 1. The fraction of sp³-hybridized carbons (Fsp3) is 0.444. The standard InChI is InChI=1S/C45H56N7O9P/c1-28(2)41(53)49-44-48-40-37(42(54)50-44)47-27-51(40)43-39(38(57-10)36(60-43)26-59-62(58-25-24-46-7)52(29(3)4)30(5)6)61-45(31-14-12-11-13-15-31,32-16-20-34(55-8)21-17-32)33-18-22-35(56-9)23-19-33/h11-23,27-30,36,38-39,43H,24-26H2,1-6,8-10H3,(H2,48,49,50,53,54)/t36-,38-,39-,43-,62?/m1/s1. The van der Waals surface area contributed by atoms with Crippen molar-refractivity contribution >= 4 is 31.5 Å². The number of aromatic amines is 1. The van der Waals surface area contributed by atoms with E-state index in [0.29, 0.717) is 11.5 Å². The smallest absolute Gasteiger partial charge is 0.280 e. The normalized spacial score (nSPS) is 18.5. The van der Waals surface area contributed by atoms with Gasteiger partial charge in [0, 0.05) is 25.1 Å². The number of anilines is 1. The number of H-pyrrole nitrogens is 1. The molecule has 0 saturated carbocycles. The van der Waals surface area contributed by atoms with Crippen molar-refractivity contribution in [1.29, 1.82) is 0 Å². The van der Waals surface area contributed by atoms with Crippen molar-refractivity contribution in [2.24, 2.45) is 5.92 Å². The van der Waals surface area contributed by atoms with Crippen molar-refractivity contribution in [3.8, 4) is 11.5 Å². The highest BCUT2D eigenvalue weighted by molar-refractivity contribution is 7.44. The zero-order valence-corrected chi connectivity index (χ0v) is 37.5. The van der Waals surface area contributed by atoms with Crippen LogP contribution in [0, 0.1) is 12.5 Å². The lowest BCUT2D eigenvalue weighted by atomic mass is 9.79. The molecule has 1 aliphatic heterocycles. The Bertz CT molecular complexity index is 2280. The van der Waals surface area contributed by atoms with Crippen LogP contribution in [0.2, 0.25) is 0 Å². The molecule has 1 fully saturated rings. The third kappa shape index (κ3) is 9.85. The molecule has 1 aliphatic rings. The molecular formula is C45H56N7O9P. The Morgan fingerprint density at radius 1 is 0.903 bits per heavy atom. The van der Waals surface area contributed by atoms with Crippen molar-refractivity contribution in [1.82, 2.24) is 24.2 Å². The van der Waals surface area contributed by atoms with Crippen LogP contribution in [0.1, 0.15) is 64.5 Å². The predicted molar refractivity (Wildman–Crippen MR) is 236 cm³/mol. The van der Waals surface area contributed by atoms with Gasteiger partial charge < -0.3 is 37.6 Å². The van der Waals surface area contributed by atoms with E-state index in [4.69, 9.17) is 44.3 Å². The van der Waals surface area contributed by atoms with Gasteiger partial charge >= 0.3 is 0 Å². The third-order valence-corrected chi connectivity index (χ3v) is 12.6. The fourth-order valence-electron chi connectivity index (χ4n) is 7.59. The Morgan fingerprint density at radius 3 is 2.03 bits per heavy atom. The van der Waals surface area contributed by atoms with Gasteiger partial charge in [-0.25, -0.2) is 16.2 Å². The zero-order valence-electron chi connectivity index (χ0n) is 36.6. The maximum Gasteiger partial charge on any atom is 0.280 e. The summed E-state index contributed by atoms with van der Waals surface area (Å²) in [5.41, 5.74) is 0.653. The molecule has 1 amide bonds. The van der Waals surface area contributed by atoms with Gasteiger partial charge in [0.25, 0.3) is 14.1 Å². The highest BCUT2D eigenvalue weighted by Crippen LogP contribution is 2.50. The Labute approximate surface area is 363 Å². The van der Waals surface area contributed by atoms with Crippen LogP contribution in [0.5, 0.6) is 11.5 Å². The predicted octanol–water partition coefficient (Wildman–Crippen LogP) is 7.32. The van der Waals surface area contributed by atoms with Gasteiger partial charge in [-0.3, -0.25) is 24.5 Å². The Morgan fingerprint density at radius 2 is 1.50 bits per heavy atom. The van der Waals surface area contributed by atoms with E-state index in [0.717, 1.165) is 16.7 Å². The molecule has 17 heteroatoms. The molecule has 6 rings (SSSR count). The number of hydrogen-bond donors (Lipinski definition) is 2. The summed E-state index contributed by atoms with van der Waals surface area (Å²) in [6, 6.07) is 25.3. The molecule has 1 saturated heterocycles. The van der Waals surface area contributed by atoms with Crippen LogP contribution < -0.4 is 20.3 Å². The van der Waals surface area contributed by atoms with Gasteiger partial charge in [-0.15, -0.1) is 0 Å². The molecule has 2 N–H and O–H groups in total. The number of nitrogens with zero attached hydrogens (tertiary/aromatic N) is 5. The van der Waals surface area contributed by atoms with Crippen LogP contribution in [-0.2, 0) is 33.7 Å². The Hall–Kier alpha value is -5.24. The molecule has 0 bridgehead atoms. The maximum atomic E-state index is 13.5. The van der Waals surface area contributed by atoms with E-state index in [2.05, 4.69) is 52.5 Å². The summed E-state index contributed by atoms with van der Waals surface area (Å²) in [4.78, 5) is 41.6. The van der Waals surface area contributed by atoms with E-state index in [-0.39, 0.29) is 60.8 Å². The quantitative estimate of drug-likeness (QED) is 0.0347. The number of nitrogens with one attached hydrogen (secondary N) is 2. The maximum absolute atomic E-state index is 13.5. The van der Waals surface area contributed by atoms with Crippen molar-refractivity contribution < 1.29 is 37.5 Å². The molecule has 62 heavy (non-hydrogen) atoms. The number of aromatic nitrogens is 4. The molecular weight excluding hydrogens is 814 g/mol. The molecule has 1 unspecified atom stereocenters. The monoisotopic (exact) mass is 869 g/mol. The van der Waals surface area contributed by atoms with Gasteiger partial charge in [0.1, 0.15) is 42.0 Å². The van der Waals surface area contributed by atoms with E-state index >= 15 is 0 Å². The number of benzene rings is 3. The van der Waals surface area contributed by atoms with Crippen molar-refractivity contribution in [3.63, 3.8) is 0 Å². The average molecular weight is 870 g/mol. The lowest BCUT2D eigenvalue weighted by Gasteiger charge is -2.40. The topological polar surface area (TPSA) is 165 Å². The van der Waals surface area contributed by atoms with Crippen molar-refractivity contribution in [3.05, 3.63) is 124 Å². The summed E-state index contributed by atoms with van der Waals surface area (Å²) in [5.74, 6) is 0.578. The first-order valence-electron chi connectivity index (χ1n) is 20.5. The summed E-state index contributed by atoms with van der Waals surface area (Å²) < 4.78 is 48.9. The molecule has 3 heterocycles. The van der Waals surface area contributed by atoms with E-state index in [1.54, 1.807) is 39.7 Å². The summed E-state index contributed by atoms with van der Waals surface area (Å²) >= 11 is 0. The summed E-state index contributed by atoms with van der Waals surface area (Å²) in [6.07, 6.45) is -2.08. The second kappa shape index (κ2) is 20.8. The number of carbonyl (C=O) groups is 1. The minimum Gasteiger partial charge on any atom is -0.497 e. The number of methoxy groups -OCH3 is 3. The summed E-state index contributed by atoms with van der Waals surface area (Å²) in [6.45, 7) is 19.5. The molecule has 0 radical (unpaired) electrons. The number of hydrogen-bond acceptors (Lipinski definition) is 12. The van der Waals surface area contributed by atoms with Crippen LogP contribution in [0.15, 0.2) is 90.0 Å². The number of ether oxygens (including phenoxy) is 5. The average Bonchev–Trinajstić information content (AvgIpc) is 3.85. The lowest BCUT2D eigenvalue weighted by molar-refractivity contribution is -0.126. The first-order valence-corrected chi connectivity index (χ1v) is 21.7. The first-order chi connectivity index (χ1) is 29.9. The van der Waals surface area contributed by atoms with Gasteiger partial charge in [-0.2, -0.15) is 4.98 Å². The van der Waals surface area contributed by atoms with Gasteiger partial charge in [0.05, 0.1) is 27.2 Å². The SMILES string of the molecule is [C-]#[N+]CCOP(OC[C@H]1O[C@@H](n2cnc3c(=O)[nH]c(NC(=O)C(C)C)nc32)[C@H](OC(c2ccccc2)(c2ccc(OC)cc2)c2ccc(OC)cc2)[C@@H]1OC)N(C(C)C)C(C)C. The number of carbonyl (C=O) groups excluding carboxylic acids is 1. The van der Waals surface area contributed by atoms with Crippen LogP contribution >= 0.6 is 8.53 Å². The number of fused-ring (bicyclic) bond motifs is 1. The first kappa shape index (κ1) is 46.3. The second-order valence-corrected chi connectivity index (χ2v) is 17.0. The fourth-order valence-corrected chi connectivity index (χ4v) is 9.20. The Balaban J connectivity index is 1.54. The minimum atomic E-state index is -1.65. The molecule has 0 aliphatic carbocycles. The van der Waals surface area contributed by atoms with Crippen molar-refractivity contribution in [2.75, 3.05) is 46.4 Å². The van der Waals surface area contributed by atoms with E-state index in [9.17, 15) is 9.59 Å². The molecule has 5 atom stereocenters. The van der Waals surface area contributed by atoms with Gasteiger partial charge in [-0.05, 0) is 68.7 Å². The van der Waals surface area contributed by atoms with E-state index < -0.39 is 44.2 Å². The van der Waals surface area contributed by atoms with E-state index in [1.165, 1.54) is 6.33 Å². The number of rotatable bonds is 20. The molecule has 2 aromatic heterocycles. The second-order valence-electron chi connectivity index (χ2n) is 15.6. The summed E-state index contributed by atoms with van der Waals surface area (Å²) in [7, 11) is 3.16. The van der Waals surface area contributed by atoms with Gasteiger partial charge in [-0.1, -0.05) is 68.4 Å². The van der Waals surface area contributed by atoms with Crippen LogP contribution in [0.3, 0.4) is 0 Å². The van der Waals surface area contributed by atoms with Gasteiger partial charge in [0.15, 0.2) is 17.4 Å². The molecule has 0 spiro atoms. The zero-order chi connectivity index (χ0) is 44.6. The third-order valence-electron chi connectivity index (χ3n) is 10.5. The number of imidazole rings is 1. The van der Waals surface area contributed by atoms with Crippen LogP contribution in [0.4, 0.5) is 5.95 Å². The van der Waals surface area contributed by atoms with Gasteiger partial charge in [0.2, 0.25) is 18.4 Å². The minimum absolute atomic E-state index is 0.00821. The van der Waals surface area contributed by atoms with E-state index in [1.807, 2.05) is 78.9 Å². The summed E-state index contributed by atoms with van der Waals surface area (Å²) in [5, 5.41) is 2.71. The van der Waals surface area contributed by atoms with Crippen molar-refractivity contribution in [2.45, 2.75) is 83.8 Å². The van der Waals surface area contributed by atoms with Crippen LogP contribution in [-0.4, -0.2) is 102 Å². The van der Waals surface area contributed by atoms with Crippen LogP contribution in [0.25, 0.3) is 16.0 Å². The molecule has 5 aromatic rings. The Kier molecular flexibility index (Phi) is 15.5. The molecule has 330 valence electrons. The highest BCUT2D eigenvalue weighted by Gasteiger charge is 2.53.